The Bertz CT molecular complexity index is 851. The number of oxazole rings is 1. The number of nitrogens with zero attached hydrogens (tertiary/aromatic N) is 2. The van der Waals surface area contributed by atoms with Gasteiger partial charge in [0.1, 0.15) is 5.76 Å². The number of aromatic nitrogens is 1. The van der Waals surface area contributed by atoms with Gasteiger partial charge in [-0.15, -0.1) is 11.3 Å². The highest BCUT2D eigenvalue weighted by atomic mass is 32.2. The molecule has 3 heterocycles. The maximum atomic E-state index is 12.3. The summed E-state index contributed by atoms with van der Waals surface area (Å²) < 4.78 is 30.2. The molecule has 2 aromatic heterocycles. The lowest BCUT2D eigenvalue weighted by atomic mass is 9.97. The highest BCUT2D eigenvalue weighted by Gasteiger charge is 2.28. The van der Waals surface area contributed by atoms with E-state index < -0.39 is 10.0 Å². The van der Waals surface area contributed by atoms with Crippen LogP contribution in [0.15, 0.2) is 21.9 Å². The van der Waals surface area contributed by atoms with E-state index in [0.29, 0.717) is 44.8 Å². The van der Waals surface area contributed by atoms with Gasteiger partial charge in [-0.2, -0.15) is 0 Å². The van der Waals surface area contributed by atoms with Crippen molar-refractivity contribution in [1.82, 2.24) is 14.6 Å². The summed E-state index contributed by atoms with van der Waals surface area (Å²) in [6.07, 6.45) is 2.93. The van der Waals surface area contributed by atoms with Gasteiger partial charge in [-0.3, -0.25) is 4.79 Å². The largest absolute Gasteiger partial charge is 0.440 e. The van der Waals surface area contributed by atoms with Gasteiger partial charge in [0, 0.05) is 32.0 Å². The number of piperidine rings is 1. The summed E-state index contributed by atoms with van der Waals surface area (Å²) in [6.45, 7) is 3.18. The number of amides is 1. The van der Waals surface area contributed by atoms with Crippen LogP contribution in [0.25, 0.3) is 10.8 Å². The van der Waals surface area contributed by atoms with E-state index in [1.54, 1.807) is 11.3 Å². The standard InChI is InChI=1S/C17H23N3O4S2/c1-12-14(19-17(24-12)15-4-3-11-25-15)5-8-18-16(21)13-6-9-20(10-7-13)26(2,22)23/h3-4,11,13H,5-10H2,1-2H3,(H,18,21). The Hall–Kier alpha value is -1.71. The molecule has 26 heavy (non-hydrogen) atoms. The molecule has 1 saturated heterocycles. The number of nitrogens with one attached hydrogen (secondary N) is 1. The predicted molar refractivity (Wildman–Crippen MR) is 100 cm³/mol. The van der Waals surface area contributed by atoms with E-state index >= 15 is 0 Å². The fraction of sp³-hybridized carbons (Fsp3) is 0.529. The molecule has 1 fully saturated rings. The van der Waals surface area contributed by atoms with Crippen molar-refractivity contribution < 1.29 is 17.6 Å². The minimum Gasteiger partial charge on any atom is -0.440 e. The van der Waals surface area contributed by atoms with E-state index in [9.17, 15) is 13.2 Å². The third-order valence-electron chi connectivity index (χ3n) is 4.58. The molecule has 7 nitrogen and oxygen atoms in total. The van der Waals surface area contributed by atoms with E-state index in [1.807, 2.05) is 24.4 Å². The van der Waals surface area contributed by atoms with Gasteiger partial charge >= 0.3 is 0 Å². The first kappa shape index (κ1) is 19.1. The number of hydrogen-bond acceptors (Lipinski definition) is 6. The number of sulfonamides is 1. The number of carbonyl (C=O) groups is 1. The van der Waals surface area contributed by atoms with Gasteiger partial charge in [-0.25, -0.2) is 17.7 Å². The van der Waals surface area contributed by atoms with E-state index in [-0.39, 0.29) is 11.8 Å². The molecule has 1 aliphatic heterocycles. The zero-order valence-corrected chi connectivity index (χ0v) is 16.5. The van der Waals surface area contributed by atoms with Gasteiger partial charge in [0.25, 0.3) is 0 Å². The zero-order valence-electron chi connectivity index (χ0n) is 14.9. The van der Waals surface area contributed by atoms with Gasteiger partial charge in [0.2, 0.25) is 21.8 Å². The molecule has 142 valence electrons. The summed E-state index contributed by atoms with van der Waals surface area (Å²) in [7, 11) is -3.17. The van der Waals surface area contributed by atoms with Crippen LogP contribution in [0, 0.1) is 12.8 Å². The van der Waals surface area contributed by atoms with Crippen molar-refractivity contribution in [2.24, 2.45) is 5.92 Å². The SMILES string of the molecule is Cc1oc(-c2cccs2)nc1CCNC(=O)C1CCN(S(C)(=O)=O)CC1. The smallest absolute Gasteiger partial charge is 0.236 e. The van der Waals surface area contributed by atoms with Gasteiger partial charge in [0.15, 0.2) is 0 Å². The molecular formula is C17H23N3O4S2. The molecule has 0 saturated carbocycles. The van der Waals surface area contributed by atoms with E-state index in [1.165, 1.54) is 10.6 Å². The Labute approximate surface area is 157 Å². The van der Waals surface area contributed by atoms with Crippen molar-refractivity contribution in [2.75, 3.05) is 25.9 Å². The summed E-state index contributed by atoms with van der Waals surface area (Å²) in [4.78, 5) is 17.8. The second-order valence-electron chi connectivity index (χ2n) is 6.48. The molecule has 0 radical (unpaired) electrons. The number of carbonyl (C=O) groups excluding carboxylic acids is 1. The van der Waals surface area contributed by atoms with E-state index in [4.69, 9.17) is 4.42 Å². The normalized spacial score (nSPS) is 16.7. The second kappa shape index (κ2) is 7.89. The number of thiophene rings is 1. The summed E-state index contributed by atoms with van der Waals surface area (Å²) in [5.74, 6) is 1.24. The molecule has 9 heteroatoms. The van der Waals surface area contributed by atoms with Crippen LogP contribution in [-0.4, -0.2) is 49.5 Å². The van der Waals surface area contributed by atoms with E-state index in [0.717, 1.165) is 16.3 Å². The van der Waals surface area contributed by atoms with Gasteiger partial charge in [-0.1, -0.05) is 6.07 Å². The number of hydrogen-bond donors (Lipinski definition) is 1. The van der Waals surface area contributed by atoms with Crippen LogP contribution >= 0.6 is 11.3 Å². The zero-order chi connectivity index (χ0) is 18.7. The molecule has 2 aromatic rings. The monoisotopic (exact) mass is 397 g/mol. The Balaban J connectivity index is 1.47. The third-order valence-corrected chi connectivity index (χ3v) is 6.74. The predicted octanol–water partition coefficient (Wildman–Crippen LogP) is 2.04. The van der Waals surface area contributed by atoms with Crippen LogP contribution in [0.5, 0.6) is 0 Å². The quantitative estimate of drug-likeness (QED) is 0.805. The van der Waals surface area contributed by atoms with Crippen LogP contribution in [-0.2, 0) is 21.2 Å². The Kier molecular flexibility index (Phi) is 5.79. The van der Waals surface area contributed by atoms with E-state index in [2.05, 4.69) is 10.3 Å². The molecule has 0 aliphatic carbocycles. The van der Waals surface area contributed by atoms with Crippen molar-refractivity contribution >= 4 is 27.3 Å². The Morgan fingerprint density at radius 3 is 2.77 bits per heavy atom. The lowest BCUT2D eigenvalue weighted by Crippen LogP contribution is -2.42. The third kappa shape index (κ3) is 4.52. The number of aryl methyl sites for hydroxylation is 1. The summed E-state index contributed by atoms with van der Waals surface area (Å²) in [5.41, 5.74) is 0.848. The average Bonchev–Trinajstić information content (AvgIpc) is 3.24. The molecule has 1 aliphatic rings. The first-order valence-corrected chi connectivity index (χ1v) is 11.3. The van der Waals surface area contributed by atoms with Crippen molar-refractivity contribution in [3.05, 3.63) is 29.0 Å². The number of rotatable bonds is 6. The van der Waals surface area contributed by atoms with Crippen molar-refractivity contribution in [3.63, 3.8) is 0 Å². The lowest BCUT2D eigenvalue weighted by Gasteiger charge is -2.29. The van der Waals surface area contributed by atoms with Crippen molar-refractivity contribution in [1.29, 1.82) is 0 Å². The Morgan fingerprint density at radius 1 is 1.42 bits per heavy atom. The molecule has 3 rings (SSSR count). The minimum atomic E-state index is -3.17. The molecule has 0 aromatic carbocycles. The van der Waals surface area contributed by atoms with Crippen molar-refractivity contribution in [2.45, 2.75) is 26.2 Å². The topological polar surface area (TPSA) is 92.5 Å². The lowest BCUT2D eigenvalue weighted by molar-refractivity contribution is -0.126. The van der Waals surface area contributed by atoms with Crippen LogP contribution in [0.1, 0.15) is 24.3 Å². The summed E-state index contributed by atoms with van der Waals surface area (Å²) in [6, 6.07) is 3.92. The average molecular weight is 398 g/mol. The van der Waals surface area contributed by atoms with Crippen LogP contribution < -0.4 is 5.32 Å². The highest BCUT2D eigenvalue weighted by Crippen LogP contribution is 2.26. The van der Waals surface area contributed by atoms with Gasteiger partial charge < -0.3 is 9.73 Å². The van der Waals surface area contributed by atoms with Crippen LogP contribution in [0.2, 0.25) is 0 Å². The molecule has 0 spiro atoms. The molecule has 1 amide bonds. The fourth-order valence-electron chi connectivity index (χ4n) is 3.06. The maximum Gasteiger partial charge on any atom is 0.236 e. The summed E-state index contributed by atoms with van der Waals surface area (Å²) in [5, 5.41) is 4.92. The van der Waals surface area contributed by atoms with Crippen LogP contribution in [0.4, 0.5) is 0 Å². The summed E-state index contributed by atoms with van der Waals surface area (Å²) >= 11 is 1.57. The molecule has 0 unspecified atom stereocenters. The van der Waals surface area contributed by atoms with Crippen LogP contribution in [0.3, 0.4) is 0 Å². The fourth-order valence-corrected chi connectivity index (χ4v) is 4.59. The van der Waals surface area contributed by atoms with Gasteiger partial charge in [0.05, 0.1) is 16.8 Å². The first-order valence-electron chi connectivity index (χ1n) is 8.57. The molecule has 0 atom stereocenters. The highest BCUT2D eigenvalue weighted by molar-refractivity contribution is 7.88. The van der Waals surface area contributed by atoms with Gasteiger partial charge in [-0.05, 0) is 31.2 Å². The molecule has 1 N–H and O–H groups in total. The first-order chi connectivity index (χ1) is 12.3. The molecular weight excluding hydrogens is 374 g/mol. The molecule has 0 bridgehead atoms. The Morgan fingerprint density at radius 2 is 2.15 bits per heavy atom. The maximum absolute atomic E-state index is 12.3. The van der Waals surface area contributed by atoms with Crippen molar-refractivity contribution in [3.8, 4) is 10.8 Å². The second-order valence-corrected chi connectivity index (χ2v) is 9.41. The minimum absolute atomic E-state index is 0.0159.